The molecule has 1 rings (SSSR count). The third-order valence-electron chi connectivity index (χ3n) is 4.30. The molecule has 0 spiro atoms. The molecule has 5 heteroatoms. The molecule has 22 heavy (non-hydrogen) atoms. The van der Waals surface area contributed by atoms with Crippen LogP contribution in [0.2, 0.25) is 18.1 Å². The number of methoxy groups -OCH3 is 1. The Bertz CT molecular complexity index is 492. The van der Waals surface area contributed by atoms with Gasteiger partial charge >= 0.3 is 5.97 Å². The van der Waals surface area contributed by atoms with Gasteiger partial charge in [-0.2, -0.15) is 0 Å². The van der Waals surface area contributed by atoms with Gasteiger partial charge in [-0.3, -0.25) is 4.79 Å². The van der Waals surface area contributed by atoms with Gasteiger partial charge in [0.2, 0.25) is 0 Å². The lowest BCUT2D eigenvalue weighted by Crippen LogP contribution is -2.40. The lowest BCUT2D eigenvalue weighted by atomic mass is 10.1. The Labute approximate surface area is 140 Å². The standard InChI is InChI=1S/C17H27ClO3Si/c1-17(2,3)22(5,6)21-12-14-9-7-13(8-10-14)11-15(18)16(19)20-4/h7-10,15H,11-12H2,1-6H3. The highest BCUT2D eigenvalue weighted by Gasteiger charge is 2.36. The number of alkyl halides is 1. The minimum absolute atomic E-state index is 0.208. The van der Waals surface area contributed by atoms with Crippen LogP contribution in [0, 0.1) is 0 Å². The van der Waals surface area contributed by atoms with Gasteiger partial charge in [0.05, 0.1) is 13.7 Å². The Morgan fingerprint density at radius 1 is 1.18 bits per heavy atom. The maximum atomic E-state index is 11.3. The van der Waals surface area contributed by atoms with Crippen molar-refractivity contribution in [1.82, 2.24) is 0 Å². The van der Waals surface area contributed by atoms with E-state index in [-0.39, 0.29) is 5.04 Å². The van der Waals surface area contributed by atoms with Gasteiger partial charge in [0, 0.05) is 0 Å². The second-order valence-corrected chi connectivity index (χ2v) is 12.4. The van der Waals surface area contributed by atoms with E-state index in [4.69, 9.17) is 16.0 Å². The molecule has 1 aromatic carbocycles. The zero-order valence-corrected chi connectivity index (χ0v) is 16.2. The summed E-state index contributed by atoms with van der Waals surface area (Å²) < 4.78 is 10.8. The highest BCUT2D eigenvalue weighted by atomic mass is 35.5. The van der Waals surface area contributed by atoms with Crippen molar-refractivity contribution in [3.63, 3.8) is 0 Å². The average molecular weight is 343 g/mol. The van der Waals surface area contributed by atoms with E-state index in [9.17, 15) is 4.79 Å². The van der Waals surface area contributed by atoms with Gasteiger partial charge in [0.25, 0.3) is 0 Å². The summed E-state index contributed by atoms with van der Waals surface area (Å²) in [4.78, 5) is 11.3. The first-order valence-electron chi connectivity index (χ1n) is 7.50. The van der Waals surface area contributed by atoms with Crippen LogP contribution in [0.25, 0.3) is 0 Å². The van der Waals surface area contributed by atoms with Gasteiger partial charge < -0.3 is 9.16 Å². The number of esters is 1. The van der Waals surface area contributed by atoms with E-state index in [1.165, 1.54) is 7.11 Å². The SMILES string of the molecule is COC(=O)C(Cl)Cc1ccc(CO[Si](C)(C)C(C)(C)C)cc1. The van der Waals surface area contributed by atoms with Crippen LogP contribution in [-0.2, 0) is 27.0 Å². The van der Waals surface area contributed by atoms with Crippen molar-refractivity contribution < 1.29 is 14.0 Å². The zero-order valence-electron chi connectivity index (χ0n) is 14.4. The van der Waals surface area contributed by atoms with Crippen molar-refractivity contribution in [1.29, 1.82) is 0 Å². The van der Waals surface area contributed by atoms with Crippen LogP contribution in [0.4, 0.5) is 0 Å². The summed E-state index contributed by atoms with van der Waals surface area (Å²) >= 11 is 5.98. The van der Waals surface area contributed by atoms with Gasteiger partial charge in [-0.15, -0.1) is 11.6 Å². The van der Waals surface area contributed by atoms with Crippen molar-refractivity contribution in [2.24, 2.45) is 0 Å². The van der Waals surface area contributed by atoms with E-state index in [1.807, 2.05) is 24.3 Å². The van der Waals surface area contributed by atoms with Crippen molar-refractivity contribution in [3.8, 4) is 0 Å². The van der Waals surface area contributed by atoms with Gasteiger partial charge in [0.1, 0.15) is 5.38 Å². The van der Waals surface area contributed by atoms with E-state index in [1.54, 1.807) is 0 Å². The number of ether oxygens (including phenoxy) is 1. The average Bonchev–Trinajstić information content (AvgIpc) is 2.44. The maximum Gasteiger partial charge on any atom is 0.324 e. The summed E-state index contributed by atoms with van der Waals surface area (Å²) in [6.45, 7) is 11.8. The molecule has 0 aromatic heterocycles. The van der Waals surface area contributed by atoms with Crippen LogP contribution in [0.1, 0.15) is 31.9 Å². The number of rotatable bonds is 6. The first-order valence-corrected chi connectivity index (χ1v) is 10.8. The Balaban J connectivity index is 2.61. The molecule has 0 fully saturated rings. The fourth-order valence-electron chi connectivity index (χ4n) is 1.67. The van der Waals surface area contributed by atoms with Crippen LogP contribution in [0.5, 0.6) is 0 Å². The molecule has 0 aliphatic carbocycles. The predicted octanol–water partition coefficient (Wildman–Crippen LogP) is 4.53. The topological polar surface area (TPSA) is 35.5 Å². The fourth-order valence-corrected chi connectivity index (χ4v) is 2.90. The Morgan fingerprint density at radius 3 is 2.14 bits per heavy atom. The van der Waals surface area contributed by atoms with E-state index in [0.717, 1.165) is 11.1 Å². The summed E-state index contributed by atoms with van der Waals surface area (Å²) in [5, 5.41) is -0.432. The third-order valence-corrected chi connectivity index (χ3v) is 9.11. The molecular weight excluding hydrogens is 316 g/mol. The van der Waals surface area contributed by atoms with Crippen molar-refractivity contribution in [2.45, 2.75) is 57.3 Å². The van der Waals surface area contributed by atoms with Crippen LogP contribution < -0.4 is 0 Å². The summed E-state index contributed by atoms with van der Waals surface area (Å²) in [6, 6.07) is 8.04. The molecule has 0 amide bonds. The zero-order chi connectivity index (χ0) is 17.0. The Morgan fingerprint density at radius 2 is 1.68 bits per heavy atom. The van der Waals surface area contributed by atoms with Gasteiger partial charge in [-0.05, 0) is 35.7 Å². The number of benzene rings is 1. The predicted molar refractivity (Wildman–Crippen MR) is 93.8 cm³/mol. The van der Waals surface area contributed by atoms with Gasteiger partial charge in [-0.25, -0.2) is 0 Å². The van der Waals surface area contributed by atoms with Gasteiger partial charge in [0.15, 0.2) is 8.32 Å². The van der Waals surface area contributed by atoms with Crippen LogP contribution in [0.3, 0.4) is 0 Å². The molecule has 3 nitrogen and oxygen atoms in total. The molecule has 0 aliphatic rings. The van der Waals surface area contributed by atoms with Gasteiger partial charge in [-0.1, -0.05) is 45.0 Å². The molecule has 1 atom stereocenters. The number of hydrogen-bond donors (Lipinski definition) is 0. The Kier molecular flexibility index (Phi) is 6.65. The largest absolute Gasteiger partial charge is 0.468 e. The van der Waals surface area contributed by atoms with E-state index >= 15 is 0 Å². The van der Waals surface area contributed by atoms with Crippen LogP contribution in [0.15, 0.2) is 24.3 Å². The monoisotopic (exact) mass is 342 g/mol. The lowest BCUT2D eigenvalue weighted by Gasteiger charge is -2.36. The van der Waals surface area contributed by atoms with E-state index in [2.05, 4.69) is 38.6 Å². The normalized spacial score (nSPS) is 13.8. The highest BCUT2D eigenvalue weighted by Crippen LogP contribution is 2.37. The smallest absolute Gasteiger partial charge is 0.324 e. The number of carbonyl (C=O) groups excluding carboxylic acids is 1. The third kappa shape index (κ3) is 5.41. The molecule has 0 N–H and O–H groups in total. The summed E-state index contributed by atoms with van der Waals surface area (Å²) in [6.07, 6.45) is 0.470. The molecular formula is C17H27ClO3Si. The molecule has 1 aromatic rings. The highest BCUT2D eigenvalue weighted by molar-refractivity contribution is 6.74. The second kappa shape index (κ2) is 7.62. The minimum atomic E-state index is -1.73. The minimum Gasteiger partial charge on any atom is -0.468 e. The maximum absolute atomic E-state index is 11.3. The molecule has 124 valence electrons. The Hall–Kier alpha value is -0.843. The van der Waals surface area contributed by atoms with Crippen LogP contribution >= 0.6 is 11.6 Å². The fraction of sp³-hybridized carbons (Fsp3) is 0.588. The number of hydrogen-bond acceptors (Lipinski definition) is 3. The quantitative estimate of drug-likeness (QED) is 0.433. The number of carbonyl (C=O) groups is 1. The van der Waals surface area contributed by atoms with Crippen molar-refractivity contribution in [2.75, 3.05) is 7.11 Å². The molecule has 1 unspecified atom stereocenters. The first kappa shape index (κ1) is 19.2. The molecule has 0 aliphatic heterocycles. The van der Waals surface area contributed by atoms with E-state index < -0.39 is 19.7 Å². The number of halogens is 1. The van der Waals surface area contributed by atoms with Crippen molar-refractivity contribution in [3.05, 3.63) is 35.4 Å². The second-order valence-electron chi connectivity index (χ2n) is 7.06. The molecule has 0 radical (unpaired) electrons. The summed E-state index contributed by atoms with van der Waals surface area (Å²) in [5.74, 6) is -0.396. The summed E-state index contributed by atoms with van der Waals surface area (Å²) in [7, 11) is -0.383. The summed E-state index contributed by atoms with van der Waals surface area (Å²) in [5.41, 5.74) is 2.15. The first-order chi connectivity index (χ1) is 10.1. The van der Waals surface area contributed by atoms with Crippen LogP contribution in [-0.4, -0.2) is 26.8 Å². The molecule has 0 heterocycles. The lowest BCUT2D eigenvalue weighted by molar-refractivity contribution is -0.140. The molecule has 0 bridgehead atoms. The molecule has 0 saturated carbocycles. The molecule has 0 saturated heterocycles. The van der Waals surface area contributed by atoms with Crippen molar-refractivity contribution >= 4 is 25.9 Å². The van der Waals surface area contributed by atoms with E-state index in [0.29, 0.717) is 13.0 Å².